The molecule has 0 bridgehead atoms. The zero-order chi connectivity index (χ0) is 13.7. The monoisotopic (exact) mass is 281 g/mol. The summed E-state index contributed by atoms with van der Waals surface area (Å²) in [5.74, 6) is 0.863. The van der Waals surface area contributed by atoms with Gasteiger partial charge in [0.2, 0.25) is 0 Å². The lowest BCUT2D eigenvalue weighted by Gasteiger charge is -2.22. The summed E-state index contributed by atoms with van der Waals surface area (Å²) in [6.45, 7) is 0. The van der Waals surface area contributed by atoms with Crippen LogP contribution in [0.15, 0.2) is 18.3 Å². The Bertz CT molecular complexity index is 475. The summed E-state index contributed by atoms with van der Waals surface area (Å²) < 4.78 is 0. The molecule has 19 heavy (non-hydrogen) atoms. The van der Waals surface area contributed by atoms with Gasteiger partial charge in [0.15, 0.2) is 5.69 Å². The molecule has 1 atom stereocenters. The number of hydrogen-bond acceptors (Lipinski definition) is 4. The molecule has 2 rings (SSSR count). The molecule has 1 aromatic rings. The summed E-state index contributed by atoms with van der Waals surface area (Å²) in [5.41, 5.74) is 0.0478. The first-order valence-corrected chi connectivity index (χ1v) is 7.16. The molecule has 1 fully saturated rings. The number of amides is 2. The molecule has 0 saturated carbocycles. The number of carboxylic acids is 1. The number of urea groups is 1. The first kappa shape index (κ1) is 13.7. The number of thioether (sulfide) groups is 1. The van der Waals surface area contributed by atoms with Crippen molar-refractivity contribution in [1.29, 1.82) is 0 Å². The van der Waals surface area contributed by atoms with Gasteiger partial charge in [-0.05, 0) is 30.7 Å². The first-order valence-electron chi connectivity index (χ1n) is 6.00. The van der Waals surface area contributed by atoms with Crippen LogP contribution in [-0.2, 0) is 0 Å². The van der Waals surface area contributed by atoms with Crippen molar-refractivity contribution in [3.05, 3.63) is 24.0 Å². The van der Waals surface area contributed by atoms with Gasteiger partial charge < -0.3 is 15.7 Å². The normalized spacial score (nSPS) is 18.6. The molecule has 0 radical (unpaired) electrons. The number of carbonyl (C=O) groups excluding carboxylic acids is 1. The molecule has 3 N–H and O–H groups in total. The Morgan fingerprint density at radius 3 is 3.00 bits per heavy atom. The Kier molecular flexibility index (Phi) is 4.62. The van der Waals surface area contributed by atoms with Crippen molar-refractivity contribution in [2.75, 3.05) is 16.8 Å². The molecule has 0 spiro atoms. The third-order valence-electron chi connectivity index (χ3n) is 2.75. The third kappa shape index (κ3) is 3.85. The van der Waals surface area contributed by atoms with Gasteiger partial charge in [0.25, 0.3) is 0 Å². The molecule has 0 aromatic carbocycles. The number of anilines is 1. The zero-order valence-electron chi connectivity index (χ0n) is 10.3. The number of aromatic carboxylic acids is 1. The van der Waals surface area contributed by atoms with Crippen LogP contribution >= 0.6 is 11.8 Å². The van der Waals surface area contributed by atoms with Gasteiger partial charge in [-0.3, -0.25) is 0 Å². The largest absolute Gasteiger partial charge is 0.476 e. The molecule has 2 amide bonds. The second kappa shape index (κ2) is 6.42. The van der Waals surface area contributed by atoms with Crippen LogP contribution in [0.2, 0.25) is 0 Å². The lowest BCUT2D eigenvalue weighted by Crippen LogP contribution is -2.41. The lowest BCUT2D eigenvalue weighted by atomic mass is 10.2. The van der Waals surface area contributed by atoms with Gasteiger partial charge in [0, 0.05) is 18.0 Å². The fourth-order valence-corrected chi connectivity index (χ4v) is 2.95. The van der Waals surface area contributed by atoms with Crippen molar-refractivity contribution in [2.45, 2.75) is 18.9 Å². The van der Waals surface area contributed by atoms with Gasteiger partial charge in [-0.15, -0.1) is 0 Å². The fraction of sp³-hybridized carbons (Fsp3) is 0.417. The van der Waals surface area contributed by atoms with Gasteiger partial charge in [-0.25, -0.2) is 14.6 Å². The van der Waals surface area contributed by atoms with Crippen LogP contribution in [0.25, 0.3) is 0 Å². The average molecular weight is 281 g/mol. The molecule has 1 aromatic heterocycles. The quantitative estimate of drug-likeness (QED) is 0.785. The summed E-state index contributed by atoms with van der Waals surface area (Å²) in [5, 5.41) is 14.3. The summed E-state index contributed by atoms with van der Waals surface area (Å²) in [4.78, 5) is 26.5. The predicted octanol–water partition coefficient (Wildman–Crippen LogP) is 1.80. The van der Waals surface area contributed by atoms with E-state index in [1.54, 1.807) is 6.07 Å². The number of aromatic nitrogens is 1. The van der Waals surface area contributed by atoms with Gasteiger partial charge in [0.1, 0.15) is 0 Å². The van der Waals surface area contributed by atoms with E-state index in [9.17, 15) is 9.59 Å². The van der Waals surface area contributed by atoms with E-state index in [0.29, 0.717) is 0 Å². The Labute approximate surface area is 115 Å². The van der Waals surface area contributed by atoms with E-state index in [1.807, 2.05) is 11.8 Å². The van der Waals surface area contributed by atoms with E-state index in [4.69, 9.17) is 5.11 Å². The van der Waals surface area contributed by atoms with Crippen LogP contribution in [-0.4, -0.2) is 39.6 Å². The molecule has 0 aliphatic carbocycles. The highest BCUT2D eigenvalue weighted by molar-refractivity contribution is 7.99. The van der Waals surface area contributed by atoms with Gasteiger partial charge in [0.05, 0.1) is 5.69 Å². The maximum absolute atomic E-state index is 11.8. The van der Waals surface area contributed by atoms with Gasteiger partial charge >= 0.3 is 12.0 Å². The van der Waals surface area contributed by atoms with Gasteiger partial charge in [-0.1, -0.05) is 0 Å². The second-order valence-corrected chi connectivity index (χ2v) is 5.37. The van der Waals surface area contributed by atoms with Crippen molar-refractivity contribution in [2.24, 2.45) is 0 Å². The van der Waals surface area contributed by atoms with E-state index in [2.05, 4.69) is 15.6 Å². The van der Waals surface area contributed by atoms with Crippen LogP contribution in [0, 0.1) is 0 Å². The summed E-state index contributed by atoms with van der Waals surface area (Å²) in [6.07, 6.45) is 3.42. The number of hydrogen-bond donors (Lipinski definition) is 3. The molecule has 2 heterocycles. The van der Waals surface area contributed by atoms with E-state index >= 15 is 0 Å². The third-order valence-corrected chi connectivity index (χ3v) is 3.97. The van der Waals surface area contributed by atoms with Crippen LogP contribution in [0.1, 0.15) is 23.3 Å². The van der Waals surface area contributed by atoms with Crippen molar-refractivity contribution in [3.63, 3.8) is 0 Å². The highest BCUT2D eigenvalue weighted by atomic mass is 32.2. The Morgan fingerprint density at radius 2 is 2.32 bits per heavy atom. The number of rotatable bonds is 3. The summed E-state index contributed by atoms with van der Waals surface area (Å²) in [7, 11) is 0. The molecule has 102 valence electrons. The van der Waals surface area contributed by atoms with E-state index in [-0.39, 0.29) is 23.5 Å². The van der Waals surface area contributed by atoms with Crippen molar-refractivity contribution >= 4 is 29.4 Å². The second-order valence-electron chi connectivity index (χ2n) is 4.22. The number of carbonyl (C=O) groups is 2. The number of pyridine rings is 1. The average Bonchev–Trinajstić information content (AvgIpc) is 2.40. The van der Waals surface area contributed by atoms with Crippen LogP contribution < -0.4 is 10.6 Å². The Balaban J connectivity index is 1.96. The van der Waals surface area contributed by atoms with Crippen LogP contribution in [0.5, 0.6) is 0 Å². The van der Waals surface area contributed by atoms with Crippen molar-refractivity contribution in [1.82, 2.24) is 10.3 Å². The number of nitrogens with one attached hydrogen (secondary N) is 2. The highest BCUT2D eigenvalue weighted by Crippen LogP contribution is 2.17. The maximum atomic E-state index is 11.8. The minimum atomic E-state index is -1.16. The maximum Gasteiger partial charge on any atom is 0.356 e. The van der Waals surface area contributed by atoms with E-state index in [1.165, 1.54) is 12.3 Å². The highest BCUT2D eigenvalue weighted by Gasteiger charge is 2.18. The minimum absolute atomic E-state index is 0.142. The number of nitrogens with zero attached hydrogens (tertiary/aromatic N) is 1. The molecular weight excluding hydrogens is 266 g/mol. The van der Waals surface area contributed by atoms with E-state index in [0.717, 1.165) is 24.3 Å². The summed E-state index contributed by atoms with van der Waals surface area (Å²) in [6, 6.07) is 2.86. The molecule has 1 aliphatic heterocycles. The Hall–Kier alpha value is -1.76. The first-order chi connectivity index (χ1) is 9.16. The standard InChI is InChI=1S/C12H15N3O3S/c16-11(17)10-9(4-1-5-13-10)15-12(18)14-8-3-2-6-19-7-8/h1,4-5,8H,2-3,6-7H2,(H,16,17)(H2,14,15,18). The van der Waals surface area contributed by atoms with Crippen LogP contribution in [0.4, 0.5) is 10.5 Å². The summed E-state index contributed by atoms with van der Waals surface area (Å²) >= 11 is 1.81. The van der Waals surface area contributed by atoms with Crippen LogP contribution in [0.3, 0.4) is 0 Å². The topological polar surface area (TPSA) is 91.3 Å². The van der Waals surface area contributed by atoms with Crippen molar-refractivity contribution < 1.29 is 14.7 Å². The SMILES string of the molecule is O=C(Nc1cccnc1C(=O)O)NC1CCCSC1. The predicted molar refractivity (Wildman–Crippen MR) is 73.7 cm³/mol. The fourth-order valence-electron chi connectivity index (χ4n) is 1.87. The van der Waals surface area contributed by atoms with Crippen molar-refractivity contribution in [3.8, 4) is 0 Å². The molecular formula is C12H15N3O3S. The zero-order valence-corrected chi connectivity index (χ0v) is 11.1. The molecule has 1 aliphatic rings. The molecule has 1 unspecified atom stereocenters. The minimum Gasteiger partial charge on any atom is -0.476 e. The van der Waals surface area contributed by atoms with E-state index < -0.39 is 5.97 Å². The molecule has 7 heteroatoms. The smallest absolute Gasteiger partial charge is 0.356 e. The molecule has 6 nitrogen and oxygen atoms in total. The molecule has 1 saturated heterocycles. The Morgan fingerprint density at radius 1 is 1.47 bits per heavy atom. The number of carboxylic acid groups (broad SMARTS) is 1. The lowest BCUT2D eigenvalue weighted by molar-refractivity contribution is 0.0692. The van der Waals surface area contributed by atoms with Gasteiger partial charge in [-0.2, -0.15) is 11.8 Å².